The molecule has 0 unspecified atom stereocenters. The molecule has 0 aromatic heterocycles. The second-order valence-corrected chi connectivity index (χ2v) is 7.78. The van der Waals surface area contributed by atoms with Gasteiger partial charge in [-0.3, -0.25) is 4.90 Å². The lowest BCUT2D eigenvalue weighted by Crippen LogP contribution is -2.49. The van der Waals surface area contributed by atoms with Crippen molar-refractivity contribution in [3.8, 4) is 0 Å². The second-order valence-electron chi connectivity index (χ2n) is 7.78. The number of carbonyl (C=O) groups excluding carboxylic acids is 1. The summed E-state index contributed by atoms with van der Waals surface area (Å²) in [5, 5.41) is 3.10. The first-order valence-corrected chi connectivity index (χ1v) is 10.5. The van der Waals surface area contributed by atoms with Crippen molar-refractivity contribution in [1.82, 2.24) is 9.80 Å². The van der Waals surface area contributed by atoms with Crippen molar-refractivity contribution in [1.29, 1.82) is 0 Å². The van der Waals surface area contributed by atoms with Crippen molar-refractivity contribution < 1.29 is 4.79 Å². The minimum absolute atomic E-state index is 0.00940. The lowest BCUT2D eigenvalue weighted by atomic mass is 10.1. The Labute approximate surface area is 167 Å². The minimum Gasteiger partial charge on any atom is -0.371 e. The zero-order valence-electron chi connectivity index (χ0n) is 16.5. The summed E-state index contributed by atoms with van der Waals surface area (Å²) in [7, 11) is 0. The smallest absolute Gasteiger partial charge is 0.321 e. The van der Waals surface area contributed by atoms with Crippen molar-refractivity contribution in [3.05, 3.63) is 60.2 Å². The molecule has 2 saturated heterocycles. The zero-order valence-corrected chi connectivity index (χ0v) is 16.5. The summed E-state index contributed by atoms with van der Waals surface area (Å²) in [6.07, 6.45) is 3.83. The lowest BCUT2D eigenvalue weighted by Gasteiger charge is -2.34. The van der Waals surface area contributed by atoms with Gasteiger partial charge in [-0.1, -0.05) is 36.4 Å². The summed E-state index contributed by atoms with van der Waals surface area (Å²) in [5.74, 6) is 0. The molecule has 148 valence electrons. The number of carbonyl (C=O) groups is 1. The average molecular weight is 379 g/mol. The molecule has 0 radical (unpaired) electrons. The molecule has 5 nitrogen and oxygen atoms in total. The Hall–Kier alpha value is -2.53. The molecule has 5 heteroatoms. The minimum atomic E-state index is 0.00940. The topological polar surface area (TPSA) is 38.8 Å². The van der Waals surface area contributed by atoms with Gasteiger partial charge >= 0.3 is 6.03 Å². The van der Waals surface area contributed by atoms with E-state index in [2.05, 4.69) is 51.5 Å². The van der Waals surface area contributed by atoms with Crippen LogP contribution in [0.2, 0.25) is 0 Å². The van der Waals surface area contributed by atoms with E-state index in [4.69, 9.17) is 0 Å². The number of benzene rings is 2. The number of nitrogens with one attached hydrogen (secondary N) is 1. The average Bonchev–Trinajstić information content (AvgIpc) is 2.76. The maximum absolute atomic E-state index is 12.7. The molecule has 0 aliphatic carbocycles. The Kier molecular flexibility index (Phi) is 6.12. The van der Waals surface area contributed by atoms with E-state index < -0.39 is 0 Å². The summed E-state index contributed by atoms with van der Waals surface area (Å²) < 4.78 is 0. The number of anilines is 2. The largest absolute Gasteiger partial charge is 0.371 e. The molecule has 2 aliphatic heterocycles. The summed E-state index contributed by atoms with van der Waals surface area (Å²) in [6, 6.07) is 18.8. The third kappa shape index (κ3) is 4.84. The van der Waals surface area contributed by atoms with E-state index in [1.807, 2.05) is 23.1 Å². The standard InChI is InChI=1S/C23H30N4O/c28-23(24-21-10-7-11-22(18-21)26-12-5-2-6-13-26)27-16-14-25(15-17-27)19-20-8-3-1-4-9-20/h1,3-4,7-11,18H,2,5-6,12-17,19H2,(H,24,28). The van der Waals surface area contributed by atoms with Gasteiger partial charge in [0.05, 0.1) is 0 Å². The predicted octanol–water partition coefficient (Wildman–Crippen LogP) is 4.03. The Morgan fingerprint density at radius 1 is 0.821 bits per heavy atom. The van der Waals surface area contributed by atoms with Crippen molar-refractivity contribution in [3.63, 3.8) is 0 Å². The molecule has 2 aromatic carbocycles. The highest BCUT2D eigenvalue weighted by Gasteiger charge is 2.21. The number of hydrogen-bond donors (Lipinski definition) is 1. The third-order valence-electron chi connectivity index (χ3n) is 5.73. The van der Waals surface area contributed by atoms with E-state index in [1.165, 1.54) is 30.5 Å². The first-order valence-electron chi connectivity index (χ1n) is 10.5. The fourth-order valence-electron chi connectivity index (χ4n) is 4.09. The van der Waals surface area contributed by atoms with Crippen LogP contribution in [0.4, 0.5) is 16.2 Å². The van der Waals surface area contributed by atoms with Crippen molar-refractivity contribution in [2.75, 3.05) is 49.5 Å². The maximum Gasteiger partial charge on any atom is 0.321 e. The van der Waals surface area contributed by atoms with Crippen LogP contribution < -0.4 is 10.2 Å². The molecular weight excluding hydrogens is 348 g/mol. The van der Waals surface area contributed by atoms with Crippen molar-refractivity contribution in [2.24, 2.45) is 0 Å². The van der Waals surface area contributed by atoms with Crippen molar-refractivity contribution >= 4 is 17.4 Å². The molecule has 2 amide bonds. The SMILES string of the molecule is O=C(Nc1cccc(N2CCCCC2)c1)N1CCN(Cc2ccccc2)CC1. The summed E-state index contributed by atoms with van der Waals surface area (Å²) in [5.41, 5.74) is 3.43. The predicted molar refractivity (Wildman–Crippen MR) is 115 cm³/mol. The van der Waals surface area contributed by atoms with Gasteiger partial charge in [-0.2, -0.15) is 0 Å². The van der Waals surface area contributed by atoms with Crippen LogP contribution in [0, 0.1) is 0 Å². The van der Waals surface area contributed by atoms with Crippen LogP contribution in [0.5, 0.6) is 0 Å². The van der Waals surface area contributed by atoms with Crippen LogP contribution in [-0.4, -0.2) is 55.1 Å². The second kappa shape index (κ2) is 9.11. The molecule has 28 heavy (non-hydrogen) atoms. The molecule has 1 N–H and O–H groups in total. The number of amides is 2. The van der Waals surface area contributed by atoms with Gasteiger partial charge in [0.2, 0.25) is 0 Å². The molecule has 0 atom stereocenters. The Morgan fingerprint density at radius 3 is 2.32 bits per heavy atom. The molecule has 2 fully saturated rings. The van der Waals surface area contributed by atoms with Gasteiger partial charge in [0.25, 0.3) is 0 Å². The van der Waals surface area contributed by atoms with Gasteiger partial charge in [-0.05, 0) is 43.0 Å². The van der Waals surface area contributed by atoms with Gasteiger partial charge in [-0.15, -0.1) is 0 Å². The Morgan fingerprint density at radius 2 is 1.57 bits per heavy atom. The van der Waals surface area contributed by atoms with Crippen molar-refractivity contribution in [2.45, 2.75) is 25.8 Å². The van der Waals surface area contributed by atoms with Crippen LogP contribution in [-0.2, 0) is 6.54 Å². The molecule has 2 aromatic rings. The van der Waals surface area contributed by atoms with Crippen LogP contribution >= 0.6 is 0 Å². The van der Waals surface area contributed by atoms with E-state index in [-0.39, 0.29) is 6.03 Å². The third-order valence-corrected chi connectivity index (χ3v) is 5.73. The quantitative estimate of drug-likeness (QED) is 0.873. The molecule has 2 heterocycles. The van der Waals surface area contributed by atoms with Crippen LogP contribution in [0.1, 0.15) is 24.8 Å². The Bertz CT molecular complexity index is 765. The molecule has 0 saturated carbocycles. The van der Waals surface area contributed by atoms with Gasteiger partial charge in [0.15, 0.2) is 0 Å². The van der Waals surface area contributed by atoms with E-state index in [1.54, 1.807) is 0 Å². The molecular formula is C23H30N4O. The molecule has 0 spiro atoms. The lowest BCUT2D eigenvalue weighted by molar-refractivity contribution is 0.143. The molecule has 4 rings (SSSR count). The molecule has 2 aliphatic rings. The van der Waals surface area contributed by atoms with Crippen LogP contribution in [0.25, 0.3) is 0 Å². The maximum atomic E-state index is 12.7. The first-order chi connectivity index (χ1) is 13.8. The summed E-state index contributed by atoms with van der Waals surface area (Å²) in [6.45, 7) is 6.54. The number of piperidine rings is 1. The Balaban J connectivity index is 1.29. The monoisotopic (exact) mass is 378 g/mol. The number of rotatable bonds is 4. The zero-order chi connectivity index (χ0) is 19.2. The van der Waals surface area contributed by atoms with E-state index in [0.29, 0.717) is 0 Å². The molecule has 0 bridgehead atoms. The number of hydrogen-bond acceptors (Lipinski definition) is 3. The number of urea groups is 1. The number of nitrogens with zero attached hydrogens (tertiary/aromatic N) is 3. The van der Waals surface area contributed by atoms with E-state index in [0.717, 1.165) is 51.5 Å². The fourth-order valence-corrected chi connectivity index (χ4v) is 4.09. The number of piperazine rings is 1. The van der Waals surface area contributed by atoms with Gasteiger partial charge in [0.1, 0.15) is 0 Å². The van der Waals surface area contributed by atoms with Crippen LogP contribution in [0.15, 0.2) is 54.6 Å². The summed E-state index contributed by atoms with van der Waals surface area (Å²) >= 11 is 0. The fraction of sp³-hybridized carbons (Fsp3) is 0.435. The highest BCUT2D eigenvalue weighted by molar-refractivity contribution is 5.90. The summed E-state index contributed by atoms with van der Waals surface area (Å²) in [4.78, 5) is 19.5. The van der Waals surface area contributed by atoms with Crippen LogP contribution in [0.3, 0.4) is 0 Å². The van der Waals surface area contributed by atoms with E-state index >= 15 is 0 Å². The highest BCUT2D eigenvalue weighted by atomic mass is 16.2. The van der Waals surface area contributed by atoms with Gasteiger partial charge in [0, 0.05) is 57.2 Å². The first kappa shape index (κ1) is 18.8. The normalized spacial score (nSPS) is 18.1. The van der Waals surface area contributed by atoms with Gasteiger partial charge in [-0.25, -0.2) is 4.79 Å². The highest BCUT2D eigenvalue weighted by Crippen LogP contribution is 2.23. The van der Waals surface area contributed by atoms with E-state index in [9.17, 15) is 4.79 Å². The van der Waals surface area contributed by atoms with Gasteiger partial charge < -0.3 is 15.1 Å².